The number of halogens is 2. The number of nitrogens with zero attached hydrogens (tertiary/aromatic N) is 1. The molecule has 20 heavy (non-hydrogen) atoms. The van der Waals surface area contributed by atoms with E-state index in [-0.39, 0.29) is 5.75 Å². The molecule has 1 aromatic carbocycles. The molecule has 0 spiro atoms. The van der Waals surface area contributed by atoms with Gasteiger partial charge in [0.2, 0.25) is 0 Å². The van der Waals surface area contributed by atoms with Gasteiger partial charge < -0.3 is 9.47 Å². The SMILES string of the molecule is CC(C)(C)OC(=O)N1CCc2ccc(OC(F)F)cc21. The van der Waals surface area contributed by atoms with E-state index in [9.17, 15) is 13.6 Å². The molecule has 0 radical (unpaired) electrons. The molecule has 0 aliphatic carbocycles. The highest BCUT2D eigenvalue weighted by molar-refractivity contribution is 5.90. The number of carbonyl (C=O) groups excluding carboxylic acids is 1. The largest absolute Gasteiger partial charge is 0.443 e. The van der Waals surface area contributed by atoms with Gasteiger partial charge in [-0.05, 0) is 38.8 Å². The number of benzene rings is 1. The maximum absolute atomic E-state index is 12.2. The average molecular weight is 285 g/mol. The molecule has 0 fully saturated rings. The molecule has 4 nitrogen and oxygen atoms in total. The predicted octanol–water partition coefficient (Wildman–Crippen LogP) is 3.59. The van der Waals surface area contributed by atoms with Crippen LogP contribution in [0.15, 0.2) is 18.2 Å². The Morgan fingerprint density at radius 2 is 2.05 bits per heavy atom. The second-order valence-electron chi connectivity index (χ2n) is 5.55. The zero-order chi connectivity index (χ0) is 14.9. The third-order valence-electron chi connectivity index (χ3n) is 2.79. The summed E-state index contributed by atoms with van der Waals surface area (Å²) in [7, 11) is 0. The van der Waals surface area contributed by atoms with Gasteiger partial charge in [-0.3, -0.25) is 4.90 Å². The first-order chi connectivity index (χ1) is 9.26. The van der Waals surface area contributed by atoms with Gasteiger partial charge >= 0.3 is 12.7 Å². The molecule has 0 aromatic heterocycles. The van der Waals surface area contributed by atoms with E-state index in [1.165, 1.54) is 17.0 Å². The number of hydrogen-bond acceptors (Lipinski definition) is 3. The summed E-state index contributed by atoms with van der Waals surface area (Å²) in [6.45, 7) is 2.92. The summed E-state index contributed by atoms with van der Waals surface area (Å²) in [6, 6.07) is 4.61. The fourth-order valence-electron chi connectivity index (χ4n) is 2.04. The van der Waals surface area contributed by atoms with Crippen LogP contribution in [-0.2, 0) is 11.2 Å². The summed E-state index contributed by atoms with van der Waals surface area (Å²) >= 11 is 0. The molecule has 1 aromatic rings. The molecule has 0 atom stereocenters. The minimum absolute atomic E-state index is 0.0363. The summed E-state index contributed by atoms with van der Waals surface area (Å²) < 4.78 is 34.1. The van der Waals surface area contributed by atoms with Crippen molar-refractivity contribution < 1.29 is 23.0 Å². The lowest BCUT2D eigenvalue weighted by molar-refractivity contribution is -0.0498. The number of carbonyl (C=O) groups is 1. The molecule has 1 aliphatic rings. The molecule has 0 saturated heterocycles. The Morgan fingerprint density at radius 1 is 1.35 bits per heavy atom. The summed E-state index contributed by atoms with van der Waals surface area (Å²) in [5, 5.41) is 0. The maximum atomic E-state index is 12.2. The third kappa shape index (κ3) is 3.37. The van der Waals surface area contributed by atoms with Crippen molar-refractivity contribution in [2.45, 2.75) is 39.4 Å². The smallest absolute Gasteiger partial charge is 0.414 e. The Hall–Kier alpha value is -1.85. The van der Waals surface area contributed by atoms with E-state index in [1.807, 2.05) is 0 Å². The number of anilines is 1. The lowest BCUT2D eigenvalue weighted by Gasteiger charge is -2.25. The third-order valence-corrected chi connectivity index (χ3v) is 2.79. The summed E-state index contributed by atoms with van der Waals surface area (Å²) in [4.78, 5) is 13.5. The number of hydrogen-bond donors (Lipinski definition) is 0. The van der Waals surface area contributed by atoms with Crippen LogP contribution in [0.3, 0.4) is 0 Å². The van der Waals surface area contributed by atoms with E-state index in [2.05, 4.69) is 4.74 Å². The van der Waals surface area contributed by atoms with Crippen molar-refractivity contribution in [2.75, 3.05) is 11.4 Å². The van der Waals surface area contributed by atoms with Gasteiger partial charge in [0.05, 0.1) is 5.69 Å². The maximum Gasteiger partial charge on any atom is 0.414 e. The first kappa shape index (κ1) is 14.6. The molecule has 0 unspecified atom stereocenters. The zero-order valence-electron chi connectivity index (χ0n) is 11.7. The quantitative estimate of drug-likeness (QED) is 0.833. The topological polar surface area (TPSA) is 38.8 Å². The van der Waals surface area contributed by atoms with Crippen molar-refractivity contribution in [3.8, 4) is 5.75 Å². The lowest BCUT2D eigenvalue weighted by Crippen LogP contribution is -2.35. The molecule has 0 N–H and O–H groups in total. The first-order valence-electron chi connectivity index (χ1n) is 6.34. The number of fused-ring (bicyclic) bond motifs is 1. The van der Waals surface area contributed by atoms with Crippen molar-refractivity contribution >= 4 is 11.8 Å². The van der Waals surface area contributed by atoms with Gasteiger partial charge in [0, 0.05) is 12.6 Å². The molecule has 1 heterocycles. The Balaban J connectivity index is 2.20. The Bertz CT molecular complexity index is 512. The molecule has 2 rings (SSSR count). The van der Waals surface area contributed by atoms with Crippen LogP contribution in [0.4, 0.5) is 19.3 Å². The lowest BCUT2D eigenvalue weighted by atomic mass is 10.1. The van der Waals surface area contributed by atoms with Gasteiger partial charge in [-0.25, -0.2) is 4.79 Å². The van der Waals surface area contributed by atoms with E-state index in [0.29, 0.717) is 18.7 Å². The van der Waals surface area contributed by atoms with Crippen molar-refractivity contribution in [3.05, 3.63) is 23.8 Å². The number of alkyl halides is 2. The minimum atomic E-state index is -2.88. The van der Waals surface area contributed by atoms with Crippen molar-refractivity contribution in [1.82, 2.24) is 0 Å². The average Bonchev–Trinajstić information content (AvgIpc) is 2.68. The van der Waals surface area contributed by atoms with E-state index >= 15 is 0 Å². The standard InChI is InChI=1S/C14H17F2NO3/c1-14(2,3)20-13(18)17-7-6-9-4-5-10(8-11(9)17)19-12(15)16/h4-5,8,12H,6-7H2,1-3H3. The summed E-state index contributed by atoms with van der Waals surface area (Å²) in [6.07, 6.45) is 0.189. The Kier molecular flexibility index (Phi) is 3.83. The van der Waals surface area contributed by atoms with Crippen LogP contribution in [-0.4, -0.2) is 24.9 Å². The molecule has 110 valence electrons. The molecule has 1 aliphatic heterocycles. The van der Waals surface area contributed by atoms with Gasteiger partial charge in [-0.1, -0.05) is 6.07 Å². The Morgan fingerprint density at radius 3 is 2.65 bits per heavy atom. The van der Waals surface area contributed by atoms with E-state index in [1.54, 1.807) is 26.8 Å². The first-order valence-corrected chi connectivity index (χ1v) is 6.34. The highest BCUT2D eigenvalue weighted by Gasteiger charge is 2.29. The van der Waals surface area contributed by atoms with Gasteiger partial charge in [0.25, 0.3) is 0 Å². The van der Waals surface area contributed by atoms with Crippen LogP contribution < -0.4 is 9.64 Å². The van der Waals surface area contributed by atoms with E-state index in [4.69, 9.17) is 4.74 Å². The predicted molar refractivity (Wildman–Crippen MR) is 70.4 cm³/mol. The van der Waals surface area contributed by atoms with E-state index in [0.717, 1.165) is 5.56 Å². The van der Waals surface area contributed by atoms with Crippen molar-refractivity contribution in [3.63, 3.8) is 0 Å². The van der Waals surface area contributed by atoms with Gasteiger partial charge in [0.15, 0.2) is 0 Å². The highest BCUT2D eigenvalue weighted by Crippen LogP contribution is 2.33. The van der Waals surface area contributed by atoms with Crippen LogP contribution in [0.25, 0.3) is 0 Å². The minimum Gasteiger partial charge on any atom is -0.443 e. The number of ether oxygens (including phenoxy) is 2. The summed E-state index contributed by atoms with van der Waals surface area (Å²) in [5.41, 5.74) is 0.881. The fourth-order valence-corrected chi connectivity index (χ4v) is 2.04. The normalized spacial score (nSPS) is 14.4. The zero-order valence-corrected chi connectivity index (χ0v) is 11.7. The van der Waals surface area contributed by atoms with Crippen molar-refractivity contribution in [1.29, 1.82) is 0 Å². The van der Waals surface area contributed by atoms with Crippen LogP contribution >= 0.6 is 0 Å². The van der Waals surface area contributed by atoms with Crippen LogP contribution in [0.5, 0.6) is 5.75 Å². The van der Waals surface area contributed by atoms with Crippen LogP contribution in [0.2, 0.25) is 0 Å². The van der Waals surface area contributed by atoms with Crippen molar-refractivity contribution in [2.24, 2.45) is 0 Å². The van der Waals surface area contributed by atoms with Crippen LogP contribution in [0, 0.1) is 0 Å². The monoisotopic (exact) mass is 285 g/mol. The van der Waals surface area contributed by atoms with Gasteiger partial charge in [-0.15, -0.1) is 0 Å². The highest BCUT2D eigenvalue weighted by atomic mass is 19.3. The molecule has 0 saturated carbocycles. The van der Waals surface area contributed by atoms with E-state index < -0.39 is 18.3 Å². The second kappa shape index (κ2) is 5.26. The van der Waals surface area contributed by atoms with Gasteiger partial charge in [0.1, 0.15) is 11.4 Å². The number of rotatable bonds is 2. The molecule has 1 amide bonds. The molecule has 0 bridgehead atoms. The molecular formula is C14H17F2NO3. The molecular weight excluding hydrogens is 268 g/mol. The van der Waals surface area contributed by atoms with Crippen LogP contribution in [0.1, 0.15) is 26.3 Å². The molecule has 6 heteroatoms. The number of amides is 1. The fraction of sp³-hybridized carbons (Fsp3) is 0.500. The Labute approximate surface area is 116 Å². The summed E-state index contributed by atoms with van der Waals surface area (Å²) in [5.74, 6) is 0.0363. The second-order valence-corrected chi connectivity index (χ2v) is 5.55. The van der Waals surface area contributed by atoms with Gasteiger partial charge in [-0.2, -0.15) is 8.78 Å².